The number of aromatic nitrogens is 1. The lowest BCUT2D eigenvalue weighted by molar-refractivity contribution is 0.0342. The second-order valence-electron chi connectivity index (χ2n) is 7.39. The van der Waals surface area contributed by atoms with Gasteiger partial charge in [-0.05, 0) is 54.2 Å². The molecule has 0 spiro atoms. The molecule has 1 aromatic carbocycles. The maximum Gasteiger partial charge on any atom is 0.154 e. The minimum absolute atomic E-state index is 0.486. The largest absolute Gasteiger partial charge is 0.399 e. The van der Waals surface area contributed by atoms with Gasteiger partial charge in [-0.15, -0.1) is 0 Å². The number of hydrogen-bond donors (Lipinski definition) is 1. The molecule has 2 aliphatic heterocycles. The summed E-state index contributed by atoms with van der Waals surface area (Å²) < 4.78 is 5.43. The normalized spacial score (nSPS) is 22.1. The molecular formula is C21H25ClN4OS. The van der Waals surface area contributed by atoms with E-state index in [1.807, 2.05) is 24.3 Å². The highest BCUT2D eigenvalue weighted by molar-refractivity contribution is 8.14. The van der Waals surface area contributed by atoms with E-state index >= 15 is 0 Å². The van der Waals surface area contributed by atoms with E-state index in [4.69, 9.17) is 27.1 Å². The van der Waals surface area contributed by atoms with Gasteiger partial charge in [-0.2, -0.15) is 0 Å². The zero-order valence-electron chi connectivity index (χ0n) is 16.0. The molecule has 0 amide bonds. The maximum absolute atomic E-state index is 6.30. The zero-order chi connectivity index (χ0) is 19.5. The summed E-state index contributed by atoms with van der Waals surface area (Å²) in [5.74, 6) is 1.17. The standard InChI is InChI=1S/C21H25ClN4OS/c1-14-2-5-21(28-18-12-16(23)3-4-17(14)18)25-20-11-15(10-19(22)24-20)13-26-6-8-27-9-7-26/h3-4,10-12,14H,2,5-9,13,23H2,1H3. The number of pyridine rings is 1. The molecule has 1 atom stereocenters. The summed E-state index contributed by atoms with van der Waals surface area (Å²) in [5.41, 5.74) is 9.27. The Morgan fingerprint density at radius 1 is 1.29 bits per heavy atom. The molecule has 3 heterocycles. The van der Waals surface area contributed by atoms with Crippen LogP contribution in [0.3, 0.4) is 0 Å². The first-order valence-electron chi connectivity index (χ1n) is 9.68. The van der Waals surface area contributed by atoms with Gasteiger partial charge in [0.05, 0.1) is 18.3 Å². The Hall–Kier alpha value is -1.60. The van der Waals surface area contributed by atoms with Crippen LogP contribution in [-0.4, -0.2) is 41.2 Å². The van der Waals surface area contributed by atoms with Gasteiger partial charge in [-0.3, -0.25) is 4.90 Å². The van der Waals surface area contributed by atoms with Gasteiger partial charge in [-0.25, -0.2) is 9.98 Å². The summed E-state index contributed by atoms with van der Waals surface area (Å²) >= 11 is 7.99. The minimum Gasteiger partial charge on any atom is -0.399 e. The molecule has 5 nitrogen and oxygen atoms in total. The van der Waals surface area contributed by atoms with Crippen LogP contribution in [0.2, 0.25) is 5.15 Å². The molecule has 1 aromatic heterocycles. The van der Waals surface area contributed by atoms with E-state index in [1.165, 1.54) is 10.5 Å². The molecule has 2 N–H and O–H groups in total. The van der Waals surface area contributed by atoms with Gasteiger partial charge < -0.3 is 10.5 Å². The van der Waals surface area contributed by atoms with Gasteiger partial charge >= 0.3 is 0 Å². The van der Waals surface area contributed by atoms with Crippen molar-refractivity contribution >= 4 is 39.9 Å². The molecule has 2 aliphatic rings. The Bertz CT molecular complexity index is 883. The van der Waals surface area contributed by atoms with Crippen LogP contribution in [0.4, 0.5) is 11.5 Å². The highest BCUT2D eigenvalue weighted by atomic mass is 35.5. The van der Waals surface area contributed by atoms with E-state index in [9.17, 15) is 0 Å². The molecule has 1 unspecified atom stereocenters. The Morgan fingerprint density at radius 2 is 2.11 bits per heavy atom. The van der Waals surface area contributed by atoms with Crippen LogP contribution < -0.4 is 5.73 Å². The molecule has 1 fully saturated rings. The van der Waals surface area contributed by atoms with Crippen molar-refractivity contribution in [3.8, 4) is 0 Å². The van der Waals surface area contributed by atoms with E-state index in [-0.39, 0.29) is 0 Å². The van der Waals surface area contributed by atoms with Crippen molar-refractivity contribution in [2.45, 2.75) is 37.1 Å². The predicted octanol–water partition coefficient (Wildman–Crippen LogP) is 4.87. The summed E-state index contributed by atoms with van der Waals surface area (Å²) in [7, 11) is 0. The first-order valence-corrected chi connectivity index (χ1v) is 10.9. The number of rotatable bonds is 3. The number of nitrogens with two attached hydrogens (primary N) is 1. The monoisotopic (exact) mass is 416 g/mol. The number of nitrogen functional groups attached to an aromatic ring is 1. The van der Waals surface area contributed by atoms with Crippen molar-refractivity contribution in [1.29, 1.82) is 0 Å². The van der Waals surface area contributed by atoms with E-state index in [1.54, 1.807) is 11.8 Å². The average Bonchev–Trinajstić information content (AvgIpc) is 2.80. The number of ether oxygens (including phenoxy) is 1. The van der Waals surface area contributed by atoms with Crippen LogP contribution >= 0.6 is 23.4 Å². The van der Waals surface area contributed by atoms with E-state index in [0.717, 1.165) is 62.0 Å². The Labute approximate surface area is 175 Å². The molecule has 1 saturated heterocycles. The lowest BCUT2D eigenvalue weighted by atomic mass is 9.96. The lowest BCUT2D eigenvalue weighted by Crippen LogP contribution is -2.35. The van der Waals surface area contributed by atoms with Gasteiger partial charge in [0, 0.05) is 30.2 Å². The molecule has 4 rings (SSSR count). The number of thioether (sulfide) groups is 1. The van der Waals surface area contributed by atoms with E-state index in [0.29, 0.717) is 16.9 Å². The number of fused-ring (bicyclic) bond motifs is 1. The van der Waals surface area contributed by atoms with Crippen LogP contribution in [0.25, 0.3) is 0 Å². The quantitative estimate of drug-likeness (QED) is 0.571. The van der Waals surface area contributed by atoms with Gasteiger partial charge in [-0.1, -0.05) is 36.4 Å². The average molecular weight is 417 g/mol. The fraction of sp³-hybridized carbons (Fsp3) is 0.429. The fourth-order valence-electron chi connectivity index (χ4n) is 3.63. The highest BCUT2D eigenvalue weighted by Crippen LogP contribution is 2.39. The van der Waals surface area contributed by atoms with Crippen molar-refractivity contribution in [1.82, 2.24) is 9.88 Å². The van der Waals surface area contributed by atoms with Gasteiger partial charge in [0.1, 0.15) is 5.15 Å². The number of nitrogens with zero attached hydrogens (tertiary/aromatic N) is 3. The molecule has 7 heteroatoms. The van der Waals surface area contributed by atoms with E-state index in [2.05, 4.69) is 22.9 Å². The van der Waals surface area contributed by atoms with E-state index < -0.39 is 0 Å². The molecular weight excluding hydrogens is 392 g/mol. The number of hydrogen-bond acceptors (Lipinski definition) is 6. The van der Waals surface area contributed by atoms with Crippen LogP contribution in [-0.2, 0) is 11.3 Å². The van der Waals surface area contributed by atoms with Crippen LogP contribution in [0, 0.1) is 0 Å². The summed E-state index contributed by atoms with van der Waals surface area (Å²) in [4.78, 5) is 12.9. The number of anilines is 1. The van der Waals surface area contributed by atoms with Crippen molar-refractivity contribution in [2.75, 3.05) is 32.0 Å². The first kappa shape index (κ1) is 19.7. The van der Waals surface area contributed by atoms with Crippen molar-refractivity contribution in [3.63, 3.8) is 0 Å². The molecule has 0 saturated carbocycles. The van der Waals surface area contributed by atoms with Crippen LogP contribution in [0.15, 0.2) is 40.2 Å². The van der Waals surface area contributed by atoms with Crippen molar-refractivity contribution < 1.29 is 4.74 Å². The summed E-state index contributed by atoms with van der Waals surface area (Å²) in [6, 6.07) is 10.1. The number of benzene rings is 1. The third kappa shape index (κ3) is 4.87. The Kier molecular flexibility index (Phi) is 6.21. The number of halogens is 1. The third-order valence-corrected chi connectivity index (χ3v) is 6.48. The molecule has 28 heavy (non-hydrogen) atoms. The van der Waals surface area contributed by atoms with Crippen LogP contribution in [0.5, 0.6) is 0 Å². The van der Waals surface area contributed by atoms with Gasteiger partial charge in [0.2, 0.25) is 0 Å². The Morgan fingerprint density at radius 3 is 2.93 bits per heavy atom. The van der Waals surface area contributed by atoms with Crippen LogP contribution in [0.1, 0.15) is 36.8 Å². The number of aliphatic imine (C=N–C) groups is 1. The highest BCUT2D eigenvalue weighted by Gasteiger charge is 2.19. The topological polar surface area (TPSA) is 63.7 Å². The zero-order valence-corrected chi connectivity index (χ0v) is 17.6. The molecule has 0 aliphatic carbocycles. The van der Waals surface area contributed by atoms with Gasteiger partial charge in [0.15, 0.2) is 5.82 Å². The molecule has 0 radical (unpaired) electrons. The molecule has 0 bridgehead atoms. The molecule has 148 valence electrons. The third-order valence-electron chi connectivity index (χ3n) is 5.18. The second-order valence-corrected chi connectivity index (χ2v) is 8.89. The maximum atomic E-state index is 6.30. The second kappa shape index (κ2) is 8.82. The first-order chi connectivity index (χ1) is 13.6. The fourth-order valence-corrected chi connectivity index (χ4v) is 5.05. The SMILES string of the molecule is CC1CCC(=Nc2cc(CN3CCOCC3)cc(Cl)n2)Sc2cc(N)ccc21. The predicted molar refractivity (Wildman–Crippen MR) is 117 cm³/mol. The van der Waals surface area contributed by atoms with Crippen molar-refractivity contribution in [2.24, 2.45) is 4.99 Å². The summed E-state index contributed by atoms with van der Waals surface area (Å²) in [5, 5.41) is 1.55. The lowest BCUT2D eigenvalue weighted by Gasteiger charge is -2.26. The summed E-state index contributed by atoms with van der Waals surface area (Å²) in [6.07, 6.45) is 1.98. The summed E-state index contributed by atoms with van der Waals surface area (Å²) in [6.45, 7) is 6.55. The smallest absolute Gasteiger partial charge is 0.154 e. The number of morpholine rings is 1. The Balaban J connectivity index is 1.57. The minimum atomic E-state index is 0.486. The molecule has 2 aromatic rings. The van der Waals surface area contributed by atoms with Crippen molar-refractivity contribution in [3.05, 3.63) is 46.6 Å². The van der Waals surface area contributed by atoms with Gasteiger partial charge in [0.25, 0.3) is 0 Å².